The van der Waals surface area contributed by atoms with Crippen LogP contribution in [0.5, 0.6) is 0 Å². The molecule has 0 aliphatic carbocycles. The van der Waals surface area contributed by atoms with Crippen molar-refractivity contribution in [2.24, 2.45) is 4.99 Å². The summed E-state index contributed by atoms with van der Waals surface area (Å²) >= 11 is 1.31. The molecule has 0 aliphatic rings. The number of nitrogens with zero attached hydrogens (tertiary/aromatic N) is 2. The summed E-state index contributed by atoms with van der Waals surface area (Å²) in [5, 5.41) is 0. The summed E-state index contributed by atoms with van der Waals surface area (Å²) in [5.74, 6) is -0.518. The van der Waals surface area contributed by atoms with Gasteiger partial charge in [0.2, 0.25) is 5.91 Å². The van der Waals surface area contributed by atoms with Crippen LogP contribution in [0.3, 0.4) is 0 Å². The minimum absolute atomic E-state index is 0.209. The van der Waals surface area contributed by atoms with Gasteiger partial charge in [0.25, 0.3) is 0 Å². The van der Waals surface area contributed by atoms with Crippen LogP contribution in [0.1, 0.15) is 13.3 Å². The molecule has 0 fully saturated rings. The van der Waals surface area contributed by atoms with E-state index in [4.69, 9.17) is 0 Å². The molecule has 0 atom stereocenters. The van der Waals surface area contributed by atoms with E-state index in [1.807, 2.05) is 6.07 Å². The SMILES string of the molecule is C=CCn1c(=NC(=O)CC)sc2cccc(F)c21. The van der Waals surface area contributed by atoms with Crippen LogP contribution >= 0.6 is 11.3 Å². The van der Waals surface area contributed by atoms with Crippen LogP contribution in [0, 0.1) is 5.82 Å². The molecule has 1 aromatic heterocycles. The number of thiazole rings is 1. The first-order valence-electron chi connectivity index (χ1n) is 5.63. The van der Waals surface area contributed by atoms with E-state index in [0.717, 1.165) is 4.70 Å². The largest absolute Gasteiger partial charge is 0.310 e. The Balaban J connectivity index is 2.77. The number of carbonyl (C=O) groups excluding carboxylic acids is 1. The van der Waals surface area contributed by atoms with Crippen molar-refractivity contribution < 1.29 is 9.18 Å². The number of para-hydroxylation sites is 1. The van der Waals surface area contributed by atoms with Crippen molar-refractivity contribution in [2.75, 3.05) is 0 Å². The Morgan fingerprint density at radius 3 is 3.06 bits per heavy atom. The van der Waals surface area contributed by atoms with Gasteiger partial charge in [-0.05, 0) is 12.1 Å². The van der Waals surface area contributed by atoms with E-state index < -0.39 is 0 Å². The third-order valence-corrected chi connectivity index (χ3v) is 3.53. The van der Waals surface area contributed by atoms with Gasteiger partial charge in [0.1, 0.15) is 5.82 Å². The summed E-state index contributed by atoms with van der Waals surface area (Å²) in [6.45, 7) is 5.82. The van der Waals surface area contributed by atoms with Crippen LogP contribution in [0.15, 0.2) is 35.8 Å². The molecule has 0 aliphatic heterocycles. The van der Waals surface area contributed by atoms with Crippen molar-refractivity contribution in [1.29, 1.82) is 0 Å². The van der Waals surface area contributed by atoms with Crippen LogP contribution in [0.25, 0.3) is 10.2 Å². The minimum atomic E-state index is -0.309. The highest BCUT2D eigenvalue weighted by Crippen LogP contribution is 2.20. The van der Waals surface area contributed by atoms with Gasteiger partial charge in [-0.25, -0.2) is 4.39 Å². The quantitative estimate of drug-likeness (QED) is 0.785. The van der Waals surface area contributed by atoms with Crippen molar-refractivity contribution in [2.45, 2.75) is 19.9 Å². The molecule has 0 bridgehead atoms. The van der Waals surface area contributed by atoms with E-state index in [1.165, 1.54) is 17.4 Å². The summed E-state index contributed by atoms with van der Waals surface area (Å²) in [6, 6.07) is 4.87. The minimum Gasteiger partial charge on any atom is -0.310 e. The second-order valence-corrected chi connectivity index (χ2v) is 4.74. The summed E-state index contributed by atoms with van der Waals surface area (Å²) in [7, 11) is 0. The smallest absolute Gasteiger partial charge is 0.248 e. The Morgan fingerprint density at radius 1 is 1.61 bits per heavy atom. The lowest BCUT2D eigenvalue weighted by Gasteiger charge is -2.01. The van der Waals surface area contributed by atoms with Gasteiger partial charge < -0.3 is 4.57 Å². The molecule has 0 saturated carbocycles. The molecule has 0 spiro atoms. The zero-order chi connectivity index (χ0) is 13.1. The van der Waals surface area contributed by atoms with Crippen LogP contribution in [0.2, 0.25) is 0 Å². The zero-order valence-electron chi connectivity index (χ0n) is 10.0. The molecule has 0 saturated heterocycles. The summed E-state index contributed by atoms with van der Waals surface area (Å²) < 4.78 is 16.3. The lowest BCUT2D eigenvalue weighted by atomic mass is 10.3. The molecule has 0 radical (unpaired) electrons. The van der Waals surface area contributed by atoms with Crippen LogP contribution < -0.4 is 4.80 Å². The van der Waals surface area contributed by atoms with Gasteiger partial charge in [-0.2, -0.15) is 4.99 Å². The number of hydrogen-bond acceptors (Lipinski definition) is 2. The van der Waals surface area contributed by atoms with Crippen molar-refractivity contribution in [3.63, 3.8) is 0 Å². The number of halogens is 1. The highest BCUT2D eigenvalue weighted by atomic mass is 32.1. The molecule has 1 heterocycles. The lowest BCUT2D eigenvalue weighted by molar-refractivity contribution is -0.117. The molecule has 0 unspecified atom stereocenters. The first-order chi connectivity index (χ1) is 8.67. The molecule has 5 heteroatoms. The average Bonchev–Trinajstić information content (AvgIpc) is 2.69. The Bertz CT molecular complexity index is 669. The fourth-order valence-electron chi connectivity index (χ4n) is 1.66. The van der Waals surface area contributed by atoms with Crippen molar-refractivity contribution >= 4 is 27.5 Å². The summed E-state index contributed by atoms with van der Waals surface area (Å²) in [6.07, 6.45) is 2.00. The molecular weight excluding hydrogens is 251 g/mol. The number of aromatic nitrogens is 1. The Morgan fingerprint density at radius 2 is 2.39 bits per heavy atom. The molecule has 18 heavy (non-hydrogen) atoms. The predicted octanol–water partition coefficient (Wildman–Crippen LogP) is 2.87. The summed E-state index contributed by atoms with van der Waals surface area (Å²) in [4.78, 5) is 15.9. The standard InChI is InChI=1S/C13H13FN2OS/c1-3-8-16-12-9(14)6-5-7-10(12)18-13(16)15-11(17)4-2/h3,5-7H,1,4,8H2,2H3. The molecule has 1 aromatic carbocycles. The van der Waals surface area contributed by atoms with E-state index in [2.05, 4.69) is 11.6 Å². The molecular formula is C13H13FN2OS. The van der Waals surface area contributed by atoms with Gasteiger partial charge in [0, 0.05) is 13.0 Å². The van der Waals surface area contributed by atoms with Gasteiger partial charge in [0.15, 0.2) is 4.80 Å². The normalized spacial score (nSPS) is 12.0. The zero-order valence-corrected chi connectivity index (χ0v) is 10.8. The van der Waals surface area contributed by atoms with Gasteiger partial charge in [0.05, 0.1) is 10.2 Å². The number of carbonyl (C=O) groups is 1. The highest BCUT2D eigenvalue weighted by Gasteiger charge is 2.10. The predicted molar refractivity (Wildman–Crippen MR) is 70.8 cm³/mol. The number of hydrogen-bond donors (Lipinski definition) is 0. The number of amides is 1. The molecule has 1 amide bonds. The Kier molecular flexibility index (Phi) is 3.72. The third kappa shape index (κ3) is 2.26. The molecule has 0 N–H and O–H groups in total. The second-order valence-electron chi connectivity index (χ2n) is 3.73. The maximum Gasteiger partial charge on any atom is 0.248 e. The highest BCUT2D eigenvalue weighted by molar-refractivity contribution is 7.16. The van der Waals surface area contributed by atoms with Crippen molar-refractivity contribution in [3.05, 3.63) is 41.5 Å². The van der Waals surface area contributed by atoms with E-state index in [1.54, 1.807) is 23.6 Å². The summed E-state index contributed by atoms with van der Waals surface area (Å²) in [5.41, 5.74) is 0.477. The fourth-order valence-corrected chi connectivity index (χ4v) is 2.73. The monoisotopic (exact) mass is 264 g/mol. The van der Waals surface area contributed by atoms with Crippen LogP contribution in [0.4, 0.5) is 4.39 Å². The fraction of sp³-hybridized carbons (Fsp3) is 0.231. The Labute approximate surface area is 108 Å². The average molecular weight is 264 g/mol. The van der Waals surface area contributed by atoms with Crippen LogP contribution in [-0.2, 0) is 11.3 Å². The van der Waals surface area contributed by atoms with E-state index >= 15 is 0 Å². The first-order valence-corrected chi connectivity index (χ1v) is 6.45. The molecule has 94 valence electrons. The molecule has 2 aromatic rings. The van der Waals surface area contributed by atoms with Crippen molar-refractivity contribution in [3.8, 4) is 0 Å². The molecule has 2 rings (SSSR count). The maximum atomic E-state index is 13.8. The maximum absolute atomic E-state index is 13.8. The topological polar surface area (TPSA) is 34.4 Å². The van der Waals surface area contributed by atoms with Crippen molar-refractivity contribution in [1.82, 2.24) is 4.57 Å². The van der Waals surface area contributed by atoms with Gasteiger partial charge >= 0.3 is 0 Å². The van der Waals surface area contributed by atoms with Gasteiger partial charge in [-0.1, -0.05) is 30.4 Å². The van der Waals surface area contributed by atoms with Crippen LogP contribution in [-0.4, -0.2) is 10.5 Å². The Hall–Kier alpha value is -1.75. The lowest BCUT2D eigenvalue weighted by Crippen LogP contribution is -2.16. The van der Waals surface area contributed by atoms with Gasteiger partial charge in [-0.3, -0.25) is 4.79 Å². The van der Waals surface area contributed by atoms with E-state index in [0.29, 0.717) is 23.3 Å². The number of rotatable bonds is 3. The van der Waals surface area contributed by atoms with Gasteiger partial charge in [-0.15, -0.1) is 6.58 Å². The second kappa shape index (κ2) is 5.27. The number of fused-ring (bicyclic) bond motifs is 1. The third-order valence-electron chi connectivity index (χ3n) is 2.49. The first kappa shape index (κ1) is 12.7. The van der Waals surface area contributed by atoms with E-state index in [-0.39, 0.29) is 11.7 Å². The van der Waals surface area contributed by atoms with E-state index in [9.17, 15) is 9.18 Å². The molecule has 3 nitrogen and oxygen atoms in total. The number of allylic oxidation sites excluding steroid dienone is 1. The number of benzene rings is 1.